The third-order valence-electron chi connectivity index (χ3n) is 2.28. The fourth-order valence-corrected chi connectivity index (χ4v) is 3.35. The first-order valence-corrected chi connectivity index (χ1v) is 6.45. The van der Waals surface area contributed by atoms with Crippen molar-refractivity contribution in [3.63, 3.8) is 0 Å². The second-order valence-corrected chi connectivity index (χ2v) is 5.22. The maximum atomic E-state index is 5.33. The van der Waals surface area contributed by atoms with Crippen LogP contribution in [0.5, 0.6) is 5.75 Å². The van der Waals surface area contributed by atoms with Crippen molar-refractivity contribution in [2.24, 2.45) is 0 Å². The van der Waals surface area contributed by atoms with Crippen LogP contribution in [-0.2, 0) is 6.42 Å². The van der Waals surface area contributed by atoms with E-state index >= 15 is 0 Å². The summed E-state index contributed by atoms with van der Waals surface area (Å²) >= 11 is 4.13. The molecule has 2 rings (SSSR count). The normalized spacial score (nSPS) is 10.8. The largest absolute Gasteiger partial charge is 0.495 e. The highest BCUT2D eigenvalue weighted by atomic mass is 127. The number of halogens is 1. The molecule has 1 heterocycles. The molecule has 1 aromatic carbocycles. The fraction of sp³-hybridized carbons (Fsp3) is 0.273. The minimum atomic E-state index is 0.998. The summed E-state index contributed by atoms with van der Waals surface area (Å²) in [4.78, 5) is 0. The monoisotopic (exact) mass is 318 g/mol. The smallest absolute Gasteiger partial charge is 0.137 e. The number of fused-ring (bicyclic) bond motifs is 1. The van der Waals surface area contributed by atoms with Crippen molar-refractivity contribution in [2.75, 3.05) is 7.11 Å². The van der Waals surface area contributed by atoms with Gasteiger partial charge in [0.25, 0.3) is 0 Å². The minimum Gasteiger partial charge on any atom is -0.495 e. The highest BCUT2D eigenvalue weighted by molar-refractivity contribution is 14.1. The molecule has 3 heteroatoms. The minimum absolute atomic E-state index is 0.998. The number of hydrogen-bond donors (Lipinski definition) is 0. The highest BCUT2D eigenvalue weighted by Crippen LogP contribution is 2.35. The van der Waals surface area contributed by atoms with Crippen LogP contribution in [0.3, 0.4) is 0 Å². The quantitative estimate of drug-likeness (QED) is 0.758. The molecule has 1 nitrogen and oxygen atoms in total. The van der Waals surface area contributed by atoms with Gasteiger partial charge in [-0.3, -0.25) is 0 Å². The summed E-state index contributed by atoms with van der Waals surface area (Å²) in [5.74, 6) is 0.998. The standard InChI is InChI=1S/C11H11IOS/c1-3-7-4-8(12)5-9-10(13-2)6-14-11(7)9/h4-6H,3H2,1-2H3. The van der Waals surface area contributed by atoms with E-state index in [1.807, 2.05) is 0 Å². The van der Waals surface area contributed by atoms with E-state index in [9.17, 15) is 0 Å². The van der Waals surface area contributed by atoms with Gasteiger partial charge in [-0.2, -0.15) is 0 Å². The van der Waals surface area contributed by atoms with Crippen LogP contribution in [0.25, 0.3) is 10.1 Å². The van der Waals surface area contributed by atoms with Gasteiger partial charge < -0.3 is 4.74 Å². The molecule has 0 radical (unpaired) electrons. The van der Waals surface area contributed by atoms with E-state index in [0.29, 0.717) is 0 Å². The van der Waals surface area contributed by atoms with Crippen LogP contribution >= 0.6 is 33.9 Å². The first kappa shape index (κ1) is 10.2. The maximum absolute atomic E-state index is 5.33. The van der Waals surface area contributed by atoms with Gasteiger partial charge in [-0.15, -0.1) is 11.3 Å². The molecule has 0 N–H and O–H groups in total. The lowest BCUT2D eigenvalue weighted by atomic mass is 10.1. The number of aryl methyl sites for hydroxylation is 1. The molecular weight excluding hydrogens is 307 g/mol. The average Bonchev–Trinajstić information content (AvgIpc) is 2.59. The van der Waals surface area contributed by atoms with Gasteiger partial charge in [0.1, 0.15) is 5.75 Å². The van der Waals surface area contributed by atoms with Crippen LogP contribution in [-0.4, -0.2) is 7.11 Å². The molecule has 0 aliphatic rings. The molecule has 1 aromatic heterocycles. The van der Waals surface area contributed by atoms with Crippen molar-refractivity contribution in [1.82, 2.24) is 0 Å². The molecule has 0 saturated heterocycles. The summed E-state index contributed by atoms with van der Waals surface area (Å²) in [7, 11) is 1.73. The SMILES string of the molecule is CCc1cc(I)cc2c(OC)csc12. The Morgan fingerprint density at radius 1 is 1.43 bits per heavy atom. The van der Waals surface area contributed by atoms with Crippen LogP contribution in [0.15, 0.2) is 17.5 Å². The lowest BCUT2D eigenvalue weighted by molar-refractivity contribution is 0.421. The topological polar surface area (TPSA) is 9.23 Å². The van der Waals surface area contributed by atoms with Crippen molar-refractivity contribution in [3.8, 4) is 5.75 Å². The Kier molecular flexibility index (Phi) is 2.97. The first-order chi connectivity index (χ1) is 6.76. The Morgan fingerprint density at radius 3 is 2.86 bits per heavy atom. The average molecular weight is 318 g/mol. The van der Waals surface area contributed by atoms with Gasteiger partial charge in [-0.1, -0.05) is 6.92 Å². The molecule has 74 valence electrons. The van der Waals surface area contributed by atoms with Gasteiger partial charge in [-0.05, 0) is 46.7 Å². The van der Waals surface area contributed by atoms with E-state index in [2.05, 4.69) is 47.0 Å². The zero-order valence-electron chi connectivity index (χ0n) is 8.13. The van der Waals surface area contributed by atoms with Crippen LogP contribution in [0, 0.1) is 3.57 Å². The third kappa shape index (κ3) is 1.63. The predicted octanol–water partition coefficient (Wildman–Crippen LogP) is 4.08. The van der Waals surface area contributed by atoms with Crippen LogP contribution in [0.2, 0.25) is 0 Å². The van der Waals surface area contributed by atoms with Crippen molar-refractivity contribution in [1.29, 1.82) is 0 Å². The summed E-state index contributed by atoms with van der Waals surface area (Å²) in [6.45, 7) is 2.19. The fourth-order valence-electron chi connectivity index (χ4n) is 1.57. The van der Waals surface area contributed by atoms with Crippen molar-refractivity contribution >= 4 is 44.0 Å². The second kappa shape index (κ2) is 4.06. The van der Waals surface area contributed by atoms with E-state index in [1.165, 1.54) is 19.2 Å². The number of methoxy groups -OCH3 is 1. The molecule has 0 aliphatic carbocycles. The van der Waals surface area contributed by atoms with Gasteiger partial charge >= 0.3 is 0 Å². The van der Waals surface area contributed by atoms with Crippen LogP contribution in [0.1, 0.15) is 12.5 Å². The summed E-state index contributed by atoms with van der Waals surface area (Å²) in [5.41, 5.74) is 1.42. The van der Waals surface area contributed by atoms with E-state index in [1.54, 1.807) is 18.4 Å². The van der Waals surface area contributed by atoms with Crippen LogP contribution in [0.4, 0.5) is 0 Å². The predicted molar refractivity (Wildman–Crippen MR) is 70.5 cm³/mol. The van der Waals surface area contributed by atoms with Gasteiger partial charge in [0, 0.05) is 19.0 Å². The maximum Gasteiger partial charge on any atom is 0.137 e. The van der Waals surface area contributed by atoms with Crippen molar-refractivity contribution in [3.05, 3.63) is 26.6 Å². The Bertz CT molecular complexity index is 462. The zero-order valence-corrected chi connectivity index (χ0v) is 11.1. The Hall–Kier alpha value is -0.290. The van der Waals surface area contributed by atoms with E-state index in [0.717, 1.165) is 12.2 Å². The Labute approximate surface area is 101 Å². The lowest BCUT2D eigenvalue weighted by Gasteiger charge is -2.02. The number of benzene rings is 1. The number of thiophene rings is 1. The number of hydrogen-bond acceptors (Lipinski definition) is 2. The molecule has 0 atom stereocenters. The van der Waals surface area contributed by atoms with Crippen molar-refractivity contribution in [2.45, 2.75) is 13.3 Å². The first-order valence-electron chi connectivity index (χ1n) is 4.50. The van der Waals surface area contributed by atoms with Gasteiger partial charge in [0.15, 0.2) is 0 Å². The molecular formula is C11H11IOS. The zero-order chi connectivity index (χ0) is 10.1. The number of ether oxygens (including phenoxy) is 1. The van der Waals surface area contributed by atoms with Crippen molar-refractivity contribution < 1.29 is 4.74 Å². The second-order valence-electron chi connectivity index (χ2n) is 3.10. The summed E-state index contributed by atoms with van der Waals surface area (Å²) < 4.78 is 7.98. The van der Waals surface area contributed by atoms with E-state index in [-0.39, 0.29) is 0 Å². The summed E-state index contributed by atoms with van der Waals surface area (Å²) in [6.07, 6.45) is 1.08. The molecule has 0 spiro atoms. The van der Waals surface area contributed by atoms with E-state index < -0.39 is 0 Å². The lowest BCUT2D eigenvalue weighted by Crippen LogP contribution is -1.84. The van der Waals surface area contributed by atoms with Gasteiger partial charge in [0.2, 0.25) is 0 Å². The van der Waals surface area contributed by atoms with Gasteiger partial charge in [-0.25, -0.2) is 0 Å². The molecule has 0 aliphatic heterocycles. The third-order valence-corrected chi connectivity index (χ3v) is 3.95. The molecule has 0 saturated carbocycles. The number of rotatable bonds is 2. The Morgan fingerprint density at radius 2 is 2.21 bits per heavy atom. The molecule has 0 fully saturated rings. The van der Waals surface area contributed by atoms with E-state index in [4.69, 9.17) is 4.74 Å². The van der Waals surface area contributed by atoms with Crippen LogP contribution < -0.4 is 4.74 Å². The summed E-state index contributed by atoms with van der Waals surface area (Å²) in [6, 6.07) is 4.43. The summed E-state index contributed by atoms with van der Waals surface area (Å²) in [5, 5.41) is 3.33. The highest BCUT2D eigenvalue weighted by Gasteiger charge is 2.08. The molecule has 0 amide bonds. The molecule has 0 unspecified atom stereocenters. The van der Waals surface area contributed by atoms with Gasteiger partial charge in [0.05, 0.1) is 7.11 Å². The Balaban J connectivity index is 2.76. The molecule has 2 aromatic rings. The molecule has 14 heavy (non-hydrogen) atoms. The molecule has 0 bridgehead atoms.